The van der Waals surface area contributed by atoms with Crippen LogP contribution in [0.15, 0.2) is 12.1 Å². The molecule has 2 rings (SSSR count). The number of benzene rings is 1. The molecule has 9 nitrogen and oxygen atoms in total. The SMILES string of the molecule is CCCCCCC1CNCCCN1C(=O)OOc1cc(C(=O)OCCCBr)cc(OC)c1OC. The summed E-state index contributed by atoms with van der Waals surface area (Å²) in [6.45, 7) is 4.59. The van der Waals surface area contributed by atoms with Gasteiger partial charge in [0.25, 0.3) is 0 Å². The largest absolute Gasteiger partial charge is 0.493 e. The van der Waals surface area contributed by atoms with Crippen molar-refractivity contribution in [1.82, 2.24) is 10.2 Å². The third-order valence-corrected chi connectivity index (χ3v) is 6.15. The number of nitrogens with zero attached hydrogens (tertiary/aromatic N) is 1. The van der Waals surface area contributed by atoms with Crippen molar-refractivity contribution in [1.29, 1.82) is 0 Å². The first-order chi connectivity index (χ1) is 16.5. The summed E-state index contributed by atoms with van der Waals surface area (Å²) in [7, 11) is 2.88. The van der Waals surface area contributed by atoms with Gasteiger partial charge in [0.15, 0.2) is 5.75 Å². The second-order valence-corrected chi connectivity index (χ2v) is 8.87. The zero-order valence-electron chi connectivity index (χ0n) is 20.4. The van der Waals surface area contributed by atoms with Gasteiger partial charge < -0.3 is 24.4 Å². The van der Waals surface area contributed by atoms with E-state index in [0.29, 0.717) is 19.5 Å². The van der Waals surface area contributed by atoms with Crippen molar-refractivity contribution >= 4 is 28.0 Å². The molecule has 1 aromatic carbocycles. The van der Waals surface area contributed by atoms with Crippen molar-refractivity contribution in [3.8, 4) is 17.2 Å². The molecule has 0 aliphatic carbocycles. The van der Waals surface area contributed by atoms with E-state index in [1.54, 1.807) is 4.90 Å². The first-order valence-corrected chi connectivity index (χ1v) is 13.0. The van der Waals surface area contributed by atoms with E-state index in [2.05, 4.69) is 28.2 Å². The standard InChI is InChI=1S/C24H37BrN2O7/c1-4-5-6-7-10-19-17-26-12-9-13-27(19)24(29)34-33-21-16-18(23(28)32-14-8-11-25)15-20(30-2)22(21)31-3/h15-16,19,26H,4-14,17H2,1-3H3. The summed E-state index contributed by atoms with van der Waals surface area (Å²) in [4.78, 5) is 37.7. The lowest BCUT2D eigenvalue weighted by molar-refractivity contribution is -0.157. The average molecular weight is 545 g/mol. The van der Waals surface area contributed by atoms with Crippen molar-refractivity contribution in [2.45, 2.75) is 57.9 Å². The number of nitrogens with one attached hydrogen (secondary N) is 1. The molecule has 0 spiro atoms. The second kappa shape index (κ2) is 15.7. The molecule has 0 saturated carbocycles. The molecular weight excluding hydrogens is 508 g/mol. The molecule has 1 fully saturated rings. The topological polar surface area (TPSA) is 95.6 Å². The number of ether oxygens (including phenoxy) is 3. The molecule has 0 aromatic heterocycles. The molecule has 0 radical (unpaired) electrons. The summed E-state index contributed by atoms with van der Waals surface area (Å²) in [6.07, 6.45) is 6.38. The Hall–Kier alpha value is -2.20. The Morgan fingerprint density at radius 3 is 2.62 bits per heavy atom. The molecule has 1 saturated heterocycles. The third-order valence-electron chi connectivity index (χ3n) is 5.59. The van der Waals surface area contributed by atoms with Gasteiger partial charge in [-0.1, -0.05) is 48.5 Å². The number of hydrogen-bond acceptors (Lipinski definition) is 8. The summed E-state index contributed by atoms with van der Waals surface area (Å²) in [6, 6.07) is 2.94. The minimum absolute atomic E-state index is 0.0302. The maximum Gasteiger partial charge on any atom is 0.453 e. The third kappa shape index (κ3) is 8.54. The van der Waals surface area contributed by atoms with Crippen molar-refractivity contribution in [2.24, 2.45) is 0 Å². The van der Waals surface area contributed by atoms with Gasteiger partial charge in [-0.2, -0.15) is 0 Å². The maximum absolute atomic E-state index is 13.0. The molecule has 1 atom stereocenters. The Labute approximate surface area is 210 Å². The fourth-order valence-electron chi connectivity index (χ4n) is 3.78. The fraction of sp³-hybridized carbons (Fsp3) is 0.667. The molecule has 1 aliphatic rings. The number of esters is 1. The molecule has 1 aromatic rings. The number of unbranched alkanes of at least 4 members (excludes halogenated alkanes) is 3. The Kier molecular flexibility index (Phi) is 12.9. The normalized spacial score (nSPS) is 15.9. The second-order valence-electron chi connectivity index (χ2n) is 8.08. The van der Waals surface area contributed by atoms with E-state index in [4.69, 9.17) is 24.0 Å². The molecule has 1 amide bonds. The number of halogens is 1. The van der Waals surface area contributed by atoms with E-state index >= 15 is 0 Å². The number of rotatable bonds is 13. The average Bonchev–Trinajstić information content (AvgIpc) is 3.10. The number of hydrogen-bond donors (Lipinski definition) is 1. The van der Waals surface area contributed by atoms with E-state index < -0.39 is 12.1 Å². The van der Waals surface area contributed by atoms with Crippen molar-refractivity contribution in [2.75, 3.05) is 45.8 Å². The van der Waals surface area contributed by atoms with Crippen molar-refractivity contribution in [3.05, 3.63) is 17.7 Å². The van der Waals surface area contributed by atoms with Crippen LogP contribution in [-0.2, 0) is 9.62 Å². The lowest BCUT2D eigenvalue weighted by Gasteiger charge is -2.28. The molecule has 1 unspecified atom stereocenters. The van der Waals surface area contributed by atoms with Crippen LogP contribution in [0.3, 0.4) is 0 Å². The fourth-order valence-corrected chi connectivity index (χ4v) is 4.01. The summed E-state index contributed by atoms with van der Waals surface area (Å²) >= 11 is 3.30. The van der Waals surface area contributed by atoms with Gasteiger partial charge in [0, 0.05) is 30.5 Å². The van der Waals surface area contributed by atoms with Gasteiger partial charge in [-0.15, -0.1) is 0 Å². The van der Waals surface area contributed by atoms with Gasteiger partial charge >= 0.3 is 12.1 Å². The Morgan fingerprint density at radius 2 is 1.91 bits per heavy atom. The Balaban J connectivity index is 2.11. The Bertz CT molecular complexity index is 778. The number of amides is 1. The van der Waals surface area contributed by atoms with E-state index in [1.165, 1.54) is 32.8 Å². The quantitative estimate of drug-likeness (QED) is 0.125. The highest BCUT2D eigenvalue weighted by atomic mass is 79.9. The molecule has 192 valence electrons. The lowest BCUT2D eigenvalue weighted by Crippen LogP contribution is -2.44. The van der Waals surface area contributed by atoms with Gasteiger partial charge in [-0.05, 0) is 31.9 Å². The summed E-state index contributed by atoms with van der Waals surface area (Å²) in [5, 5.41) is 4.11. The summed E-state index contributed by atoms with van der Waals surface area (Å²) in [5.41, 5.74) is 0.200. The van der Waals surface area contributed by atoms with Crippen LogP contribution in [0.1, 0.15) is 62.2 Å². The first kappa shape index (κ1) is 28.0. The van der Waals surface area contributed by atoms with E-state index in [9.17, 15) is 9.59 Å². The minimum atomic E-state index is -0.574. The molecule has 34 heavy (non-hydrogen) atoms. The zero-order valence-corrected chi connectivity index (χ0v) is 22.0. The van der Waals surface area contributed by atoms with Gasteiger partial charge in [-0.25, -0.2) is 14.5 Å². The number of methoxy groups -OCH3 is 2. The first-order valence-electron chi connectivity index (χ1n) is 11.9. The lowest BCUT2D eigenvalue weighted by atomic mass is 10.1. The van der Waals surface area contributed by atoms with Crippen LogP contribution in [0, 0.1) is 0 Å². The molecule has 1 heterocycles. The van der Waals surface area contributed by atoms with E-state index in [0.717, 1.165) is 44.0 Å². The van der Waals surface area contributed by atoms with Crippen molar-refractivity contribution in [3.63, 3.8) is 0 Å². The predicted octanol–water partition coefficient (Wildman–Crippen LogP) is 4.71. The minimum Gasteiger partial charge on any atom is -0.493 e. The number of carbonyl (C=O) groups excluding carboxylic acids is 2. The van der Waals surface area contributed by atoms with Gasteiger partial charge in [-0.3, -0.25) is 4.89 Å². The predicted molar refractivity (Wildman–Crippen MR) is 132 cm³/mol. The van der Waals surface area contributed by atoms with Crippen LogP contribution in [0.25, 0.3) is 0 Å². The van der Waals surface area contributed by atoms with E-state index in [-0.39, 0.29) is 35.5 Å². The van der Waals surface area contributed by atoms with Crippen LogP contribution in [0.4, 0.5) is 4.79 Å². The summed E-state index contributed by atoms with van der Waals surface area (Å²) in [5.74, 6) is -0.0175. The zero-order chi connectivity index (χ0) is 24.8. The van der Waals surface area contributed by atoms with E-state index in [1.807, 2.05) is 0 Å². The molecular formula is C24H37BrN2O7. The van der Waals surface area contributed by atoms with Crippen molar-refractivity contribution < 1.29 is 33.6 Å². The van der Waals surface area contributed by atoms with Crippen LogP contribution >= 0.6 is 15.9 Å². The molecule has 10 heteroatoms. The summed E-state index contributed by atoms with van der Waals surface area (Å²) < 4.78 is 16.0. The highest BCUT2D eigenvalue weighted by molar-refractivity contribution is 9.09. The van der Waals surface area contributed by atoms with Gasteiger partial charge in [0.1, 0.15) is 0 Å². The van der Waals surface area contributed by atoms with Gasteiger partial charge in [0.05, 0.1) is 26.4 Å². The van der Waals surface area contributed by atoms with Crippen LogP contribution < -0.4 is 19.7 Å². The Morgan fingerprint density at radius 1 is 1.12 bits per heavy atom. The maximum atomic E-state index is 13.0. The van der Waals surface area contributed by atoms with Crippen LogP contribution in [0.5, 0.6) is 17.2 Å². The number of alkyl halides is 1. The molecule has 1 N–H and O–H groups in total. The van der Waals surface area contributed by atoms with Crippen LogP contribution in [-0.4, -0.2) is 68.8 Å². The van der Waals surface area contributed by atoms with Crippen LogP contribution in [0.2, 0.25) is 0 Å². The van der Waals surface area contributed by atoms with Gasteiger partial charge in [0.2, 0.25) is 11.5 Å². The molecule has 0 bridgehead atoms. The number of carbonyl (C=O) groups is 2. The monoisotopic (exact) mass is 544 g/mol. The highest BCUT2D eigenvalue weighted by Gasteiger charge is 2.28. The smallest absolute Gasteiger partial charge is 0.453 e. The highest BCUT2D eigenvalue weighted by Crippen LogP contribution is 2.39. The molecule has 1 aliphatic heterocycles.